The first-order valence-electron chi connectivity index (χ1n) is 8.07. The number of hydrogen-bond acceptors (Lipinski definition) is 4. The summed E-state index contributed by atoms with van der Waals surface area (Å²) in [5.74, 6) is 0.144. The molecule has 1 amide bonds. The molecule has 0 saturated carbocycles. The van der Waals surface area contributed by atoms with Gasteiger partial charge in [-0.05, 0) is 50.6 Å². The molecule has 5 nitrogen and oxygen atoms in total. The van der Waals surface area contributed by atoms with Crippen LogP contribution in [0, 0.1) is 20.8 Å². The Morgan fingerprint density at radius 1 is 0.920 bits per heavy atom. The molecule has 0 aliphatic rings. The van der Waals surface area contributed by atoms with E-state index in [9.17, 15) is 4.79 Å². The average Bonchev–Trinajstić information content (AvgIpc) is 2.57. The van der Waals surface area contributed by atoms with Crippen LogP contribution >= 0.6 is 0 Å². The van der Waals surface area contributed by atoms with Crippen molar-refractivity contribution in [1.82, 2.24) is 9.97 Å². The van der Waals surface area contributed by atoms with Crippen LogP contribution in [-0.4, -0.2) is 15.9 Å². The highest BCUT2D eigenvalue weighted by atomic mass is 16.1. The lowest BCUT2D eigenvalue weighted by Crippen LogP contribution is -2.16. The lowest BCUT2D eigenvalue weighted by molar-refractivity contribution is 0.102. The van der Waals surface area contributed by atoms with Crippen molar-refractivity contribution in [3.05, 3.63) is 77.1 Å². The second-order valence-electron chi connectivity index (χ2n) is 5.98. The number of para-hydroxylation sites is 1. The number of hydrogen-bond donors (Lipinski definition) is 2. The third kappa shape index (κ3) is 4.20. The number of aryl methyl sites for hydroxylation is 3. The summed E-state index contributed by atoms with van der Waals surface area (Å²) in [6.45, 7) is 5.83. The van der Waals surface area contributed by atoms with Gasteiger partial charge >= 0.3 is 0 Å². The minimum atomic E-state index is -0.256. The van der Waals surface area contributed by atoms with Crippen LogP contribution < -0.4 is 10.6 Å². The van der Waals surface area contributed by atoms with Crippen molar-refractivity contribution < 1.29 is 4.79 Å². The van der Waals surface area contributed by atoms with E-state index in [2.05, 4.69) is 20.6 Å². The van der Waals surface area contributed by atoms with Gasteiger partial charge < -0.3 is 10.6 Å². The second-order valence-corrected chi connectivity index (χ2v) is 5.98. The molecular weight excluding hydrogens is 312 g/mol. The second kappa shape index (κ2) is 7.13. The predicted octanol–water partition coefficient (Wildman–Crippen LogP) is 4.40. The molecule has 0 bridgehead atoms. The standard InChI is InChI=1S/C20H20N4O/c1-13-9-10-17(14(2)11-13)23-19(25)18-12-15(3)21-20(24-18)22-16-7-5-4-6-8-16/h4-12H,1-3H3,(H,23,25)(H,21,22,24). The molecule has 3 aromatic rings. The zero-order valence-corrected chi connectivity index (χ0v) is 14.5. The summed E-state index contributed by atoms with van der Waals surface area (Å²) in [6.07, 6.45) is 0. The van der Waals surface area contributed by atoms with E-state index >= 15 is 0 Å². The van der Waals surface area contributed by atoms with Crippen molar-refractivity contribution in [3.63, 3.8) is 0 Å². The third-order valence-corrected chi connectivity index (χ3v) is 3.75. The van der Waals surface area contributed by atoms with Crippen molar-refractivity contribution in [2.24, 2.45) is 0 Å². The van der Waals surface area contributed by atoms with Gasteiger partial charge in [0, 0.05) is 17.1 Å². The highest BCUT2D eigenvalue weighted by Gasteiger charge is 2.12. The van der Waals surface area contributed by atoms with Crippen LogP contribution in [0.5, 0.6) is 0 Å². The Kier molecular flexibility index (Phi) is 4.75. The topological polar surface area (TPSA) is 66.9 Å². The van der Waals surface area contributed by atoms with Crippen LogP contribution in [0.1, 0.15) is 27.3 Å². The number of anilines is 3. The first-order chi connectivity index (χ1) is 12.0. The normalized spacial score (nSPS) is 10.4. The maximum absolute atomic E-state index is 12.6. The molecular formula is C20H20N4O. The zero-order valence-electron chi connectivity index (χ0n) is 14.5. The summed E-state index contributed by atoms with van der Waals surface area (Å²) >= 11 is 0. The van der Waals surface area contributed by atoms with Gasteiger partial charge in [0.25, 0.3) is 5.91 Å². The zero-order chi connectivity index (χ0) is 17.8. The summed E-state index contributed by atoms with van der Waals surface area (Å²) in [5, 5.41) is 6.04. The molecule has 126 valence electrons. The minimum absolute atomic E-state index is 0.256. The molecule has 0 unspecified atom stereocenters. The quantitative estimate of drug-likeness (QED) is 0.743. The molecule has 1 aromatic heterocycles. The Morgan fingerprint density at radius 2 is 1.68 bits per heavy atom. The molecule has 25 heavy (non-hydrogen) atoms. The molecule has 2 aromatic carbocycles. The lowest BCUT2D eigenvalue weighted by Gasteiger charge is -2.11. The number of benzene rings is 2. The van der Waals surface area contributed by atoms with Gasteiger partial charge in [0.05, 0.1) is 0 Å². The van der Waals surface area contributed by atoms with Gasteiger partial charge in [-0.3, -0.25) is 4.79 Å². The van der Waals surface area contributed by atoms with E-state index in [1.165, 1.54) is 0 Å². The number of carbonyl (C=O) groups excluding carboxylic acids is 1. The van der Waals surface area contributed by atoms with E-state index < -0.39 is 0 Å². The van der Waals surface area contributed by atoms with Crippen LogP contribution in [0.25, 0.3) is 0 Å². The lowest BCUT2D eigenvalue weighted by atomic mass is 10.1. The SMILES string of the molecule is Cc1ccc(NC(=O)c2cc(C)nc(Nc3ccccc3)n2)c(C)c1. The summed E-state index contributed by atoms with van der Waals surface area (Å²) in [4.78, 5) is 21.3. The molecule has 2 N–H and O–H groups in total. The Labute approximate surface area is 147 Å². The van der Waals surface area contributed by atoms with Crippen molar-refractivity contribution >= 4 is 23.2 Å². The third-order valence-electron chi connectivity index (χ3n) is 3.75. The average molecular weight is 332 g/mol. The molecule has 0 atom stereocenters. The van der Waals surface area contributed by atoms with E-state index in [4.69, 9.17) is 0 Å². The number of aromatic nitrogens is 2. The predicted molar refractivity (Wildman–Crippen MR) is 100 cm³/mol. The van der Waals surface area contributed by atoms with Gasteiger partial charge in [0.1, 0.15) is 5.69 Å². The van der Waals surface area contributed by atoms with Crippen molar-refractivity contribution in [3.8, 4) is 0 Å². The Bertz CT molecular complexity index is 907. The summed E-state index contributed by atoms with van der Waals surface area (Å²) in [5.41, 5.74) is 4.87. The van der Waals surface area contributed by atoms with Crippen LogP contribution in [0.15, 0.2) is 54.6 Å². The van der Waals surface area contributed by atoms with Gasteiger partial charge in [-0.2, -0.15) is 0 Å². The maximum Gasteiger partial charge on any atom is 0.274 e. The van der Waals surface area contributed by atoms with Gasteiger partial charge in [0.2, 0.25) is 5.95 Å². The van der Waals surface area contributed by atoms with E-state index in [0.717, 1.165) is 28.2 Å². The van der Waals surface area contributed by atoms with Gasteiger partial charge in [-0.1, -0.05) is 35.9 Å². The molecule has 0 aliphatic carbocycles. The summed E-state index contributed by atoms with van der Waals surface area (Å²) < 4.78 is 0. The number of carbonyl (C=O) groups is 1. The van der Waals surface area contributed by atoms with Gasteiger partial charge in [-0.15, -0.1) is 0 Å². The fourth-order valence-electron chi connectivity index (χ4n) is 2.53. The Hall–Kier alpha value is -3.21. The van der Waals surface area contributed by atoms with Crippen molar-refractivity contribution in [1.29, 1.82) is 0 Å². The van der Waals surface area contributed by atoms with Crippen LogP contribution in [-0.2, 0) is 0 Å². The Morgan fingerprint density at radius 3 is 2.40 bits per heavy atom. The van der Waals surface area contributed by atoms with Crippen molar-refractivity contribution in [2.45, 2.75) is 20.8 Å². The first kappa shape index (κ1) is 16.6. The number of nitrogens with zero attached hydrogens (tertiary/aromatic N) is 2. The summed E-state index contributed by atoms with van der Waals surface area (Å²) in [6, 6.07) is 17.2. The highest BCUT2D eigenvalue weighted by molar-refractivity contribution is 6.03. The number of nitrogens with one attached hydrogen (secondary N) is 2. The fourth-order valence-corrected chi connectivity index (χ4v) is 2.53. The number of rotatable bonds is 4. The van der Waals surface area contributed by atoms with Gasteiger partial charge in [0.15, 0.2) is 0 Å². The van der Waals surface area contributed by atoms with Crippen LogP contribution in [0.2, 0.25) is 0 Å². The Balaban J connectivity index is 1.82. The summed E-state index contributed by atoms with van der Waals surface area (Å²) in [7, 11) is 0. The largest absolute Gasteiger partial charge is 0.324 e. The molecule has 3 rings (SSSR count). The van der Waals surface area contributed by atoms with E-state index in [0.29, 0.717) is 11.6 Å². The molecule has 0 aliphatic heterocycles. The number of amides is 1. The molecule has 5 heteroatoms. The van der Waals surface area contributed by atoms with E-state index in [1.54, 1.807) is 6.07 Å². The van der Waals surface area contributed by atoms with Crippen molar-refractivity contribution in [2.75, 3.05) is 10.6 Å². The van der Waals surface area contributed by atoms with E-state index in [1.807, 2.05) is 69.3 Å². The smallest absolute Gasteiger partial charge is 0.274 e. The maximum atomic E-state index is 12.6. The molecule has 0 saturated heterocycles. The molecule has 0 spiro atoms. The first-order valence-corrected chi connectivity index (χ1v) is 8.07. The van der Waals surface area contributed by atoms with Crippen LogP contribution in [0.4, 0.5) is 17.3 Å². The van der Waals surface area contributed by atoms with E-state index in [-0.39, 0.29) is 5.91 Å². The fraction of sp³-hybridized carbons (Fsp3) is 0.150. The molecule has 0 radical (unpaired) electrons. The van der Waals surface area contributed by atoms with Crippen LogP contribution in [0.3, 0.4) is 0 Å². The highest BCUT2D eigenvalue weighted by Crippen LogP contribution is 2.18. The minimum Gasteiger partial charge on any atom is -0.324 e. The molecule has 1 heterocycles. The monoisotopic (exact) mass is 332 g/mol. The molecule has 0 fully saturated rings. The van der Waals surface area contributed by atoms with Gasteiger partial charge in [-0.25, -0.2) is 9.97 Å².